The molecule has 1 aromatic carbocycles. The fourth-order valence-electron chi connectivity index (χ4n) is 2.26. The lowest BCUT2D eigenvalue weighted by Crippen LogP contribution is -2.32. The Labute approximate surface area is 113 Å². The molecule has 4 heteroatoms. The summed E-state index contributed by atoms with van der Waals surface area (Å²) >= 11 is 0. The van der Waals surface area contributed by atoms with Crippen LogP contribution in [0.3, 0.4) is 0 Å². The summed E-state index contributed by atoms with van der Waals surface area (Å²) in [7, 11) is 0. The first-order valence-corrected chi connectivity index (χ1v) is 6.88. The van der Waals surface area contributed by atoms with Crippen molar-refractivity contribution in [2.75, 3.05) is 6.54 Å². The summed E-state index contributed by atoms with van der Waals surface area (Å²) in [6, 6.07) is 9.42. The van der Waals surface area contributed by atoms with E-state index >= 15 is 0 Å². The minimum Gasteiger partial charge on any atom is -0.326 e. The zero-order valence-electron chi connectivity index (χ0n) is 11.3. The van der Waals surface area contributed by atoms with Crippen molar-refractivity contribution in [1.82, 2.24) is 10.2 Å². The van der Waals surface area contributed by atoms with Crippen LogP contribution >= 0.6 is 0 Å². The van der Waals surface area contributed by atoms with Crippen molar-refractivity contribution in [2.24, 2.45) is 0 Å². The Morgan fingerprint density at radius 2 is 1.95 bits per heavy atom. The summed E-state index contributed by atoms with van der Waals surface area (Å²) < 4.78 is 0. The summed E-state index contributed by atoms with van der Waals surface area (Å²) in [6.45, 7) is 2.58. The lowest BCUT2D eigenvalue weighted by atomic mass is 10.1. The fourth-order valence-corrected chi connectivity index (χ4v) is 2.26. The van der Waals surface area contributed by atoms with E-state index in [1.165, 1.54) is 10.5 Å². The van der Waals surface area contributed by atoms with Crippen LogP contribution in [0.25, 0.3) is 0 Å². The number of imide groups is 1. The summed E-state index contributed by atoms with van der Waals surface area (Å²) in [5, 5.41) is 2.77. The topological polar surface area (TPSA) is 49.4 Å². The highest BCUT2D eigenvalue weighted by atomic mass is 16.2. The number of aryl methyl sites for hydroxylation is 1. The van der Waals surface area contributed by atoms with Gasteiger partial charge in [0.2, 0.25) is 0 Å². The standard InChI is InChI=1S/C15H20N2O2/c1-2-3-11-17-14(18)13(16-15(17)19)10-9-12-7-5-4-6-8-12/h4-8,13H,2-3,9-11H2,1H3,(H,16,19). The molecule has 0 aromatic heterocycles. The van der Waals surface area contributed by atoms with Gasteiger partial charge < -0.3 is 5.32 Å². The average Bonchev–Trinajstić information content (AvgIpc) is 2.70. The molecule has 0 spiro atoms. The minimum absolute atomic E-state index is 0.0746. The van der Waals surface area contributed by atoms with Gasteiger partial charge in [0.15, 0.2) is 0 Å². The second-order valence-corrected chi connectivity index (χ2v) is 4.87. The Kier molecular flexibility index (Phi) is 4.55. The van der Waals surface area contributed by atoms with Gasteiger partial charge in [0, 0.05) is 6.54 Å². The third-order valence-electron chi connectivity index (χ3n) is 3.41. The van der Waals surface area contributed by atoms with Gasteiger partial charge in [-0.05, 0) is 24.8 Å². The van der Waals surface area contributed by atoms with Gasteiger partial charge in [0.05, 0.1) is 0 Å². The van der Waals surface area contributed by atoms with Gasteiger partial charge in [0.25, 0.3) is 5.91 Å². The number of hydrogen-bond acceptors (Lipinski definition) is 2. The number of amides is 3. The number of nitrogens with zero attached hydrogens (tertiary/aromatic N) is 1. The molecule has 1 N–H and O–H groups in total. The maximum atomic E-state index is 12.1. The highest BCUT2D eigenvalue weighted by Gasteiger charge is 2.36. The summed E-state index contributed by atoms with van der Waals surface area (Å²) in [5.41, 5.74) is 1.19. The van der Waals surface area contributed by atoms with Crippen molar-refractivity contribution in [1.29, 1.82) is 0 Å². The summed E-state index contributed by atoms with van der Waals surface area (Å²) in [5.74, 6) is -0.0746. The van der Waals surface area contributed by atoms with Crippen LogP contribution in [-0.4, -0.2) is 29.4 Å². The lowest BCUT2D eigenvalue weighted by molar-refractivity contribution is -0.127. The van der Waals surface area contributed by atoms with Crippen LogP contribution in [0, 0.1) is 0 Å². The summed E-state index contributed by atoms with van der Waals surface area (Å²) in [6.07, 6.45) is 3.31. The van der Waals surface area contributed by atoms with Crippen molar-refractivity contribution in [2.45, 2.75) is 38.6 Å². The van der Waals surface area contributed by atoms with Gasteiger partial charge in [-0.1, -0.05) is 43.7 Å². The van der Waals surface area contributed by atoms with Gasteiger partial charge in [-0.3, -0.25) is 9.69 Å². The van der Waals surface area contributed by atoms with E-state index in [1.54, 1.807) is 0 Å². The van der Waals surface area contributed by atoms with Gasteiger partial charge in [-0.15, -0.1) is 0 Å². The van der Waals surface area contributed by atoms with E-state index in [0.29, 0.717) is 13.0 Å². The molecule has 4 nitrogen and oxygen atoms in total. The minimum atomic E-state index is -0.357. The van der Waals surface area contributed by atoms with Crippen LogP contribution in [-0.2, 0) is 11.2 Å². The number of unbranched alkanes of at least 4 members (excludes halogenated alkanes) is 1. The number of hydrogen-bond donors (Lipinski definition) is 1. The SMILES string of the molecule is CCCCN1C(=O)NC(CCc2ccccc2)C1=O. The molecule has 1 aromatic rings. The molecular weight excluding hydrogens is 240 g/mol. The largest absolute Gasteiger partial charge is 0.326 e. The smallest absolute Gasteiger partial charge is 0.324 e. The van der Waals surface area contributed by atoms with Gasteiger partial charge in [-0.2, -0.15) is 0 Å². The van der Waals surface area contributed by atoms with Crippen molar-refractivity contribution < 1.29 is 9.59 Å². The first-order valence-electron chi connectivity index (χ1n) is 6.88. The maximum Gasteiger partial charge on any atom is 0.324 e. The molecule has 19 heavy (non-hydrogen) atoms. The molecule has 1 aliphatic rings. The quantitative estimate of drug-likeness (QED) is 0.798. The average molecular weight is 260 g/mol. The molecule has 3 amide bonds. The molecule has 0 aliphatic carbocycles. The Morgan fingerprint density at radius 1 is 1.21 bits per heavy atom. The van der Waals surface area contributed by atoms with Crippen molar-refractivity contribution >= 4 is 11.9 Å². The van der Waals surface area contributed by atoms with E-state index in [1.807, 2.05) is 37.3 Å². The Balaban J connectivity index is 1.88. The van der Waals surface area contributed by atoms with Crippen LogP contribution in [0.5, 0.6) is 0 Å². The number of carbonyl (C=O) groups excluding carboxylic acids is 2. The van der Waals surface area contributed by atoms with Gasteiger partial charge in [-0.25, -0.2) is 4.79 Å². The van der Waals surface area contributed by atoms with Crippen LogP contribution in [0.1, 0.15) is 31.7 Å². The predicted molar refractivity (Wildman–Crippen MR) is 73.7 cm³/mol. The zero-order valence-corrected chi connectivity index (χ0v) is 11.3. The Morgan fingerprint density at radius 3 is 2.63 bits per heavy atom. The molecule has 1 aliphatic heterocycles. The molecular formula is C15H20N2O2. The molecule has 1 unspecified atom stereocenters. The van der Waals surface area contributed by atoms with E-state index in [2.05, 4.69) is 5.32 Å². The molecule has 1 fully saturated rings. The second kappa shape index (κ2) is 6.36. The molecule has 1 saturated heterocycles. The molecule has 102 valence electrons. The van der Waals surface area contributed by atoms with Crippen LogP contribution in [0.4, 0.5) is 4.79 Å². The van der Waals surface area contributed by atoms with Crippen LogP contribution in [0.2, 0.25) is 0 Å². The molecule has 0 saturated carbocycles. The van der Waals surface area contributed by atoms with E-state index in [0.717, 1.165) is 19.3 Å². The number of urea groups is 1. The van der Waals surface area contributed by atoms with Crippen molar-refractivity contribution in [3.63, 3.8) is 0 Å². The van der Waals surface area contributed by atoms with Crippen molar-refractivity contribution in [3.8, 4) is 0 Å². The van der Waals surface area contributed by atoms with Gasteiger partial charge in [0.1, 0.15) is 6.04 Å². The van der Waals surface area contributed by atoms with Crippen LogP contribution < -0.4 is 5.32 Å². The first kappa shape index (κ1) is 13.6. The Bertz CT molecular complexity index is 445. The first-order chi connectivity index (χ1) is 9.22. The van der Waals surface area contributed by atoms with E-state index < -0.39 is 0 Å². The monoisotopic (exact) mass is 260 g/mol. The predicted octanol–water partition coefficient (Wildman–Crippen LogP) is 2.34. The Hall–Kier alpha value is -1.84. The lowest BCUT2D eigenvalue weighted by Gasteiger charge is -2.12. The molecule has 0 bridgehead atoms. The van der Waals surface area contributed by atoms with E-state index in [9.17, 15) is 9.59 Å². The summed E-state index contributed by atoms with van der Waals surface area (Å²) in [4.78, 5) is 25.1. The van der Waals surface area contributed by atoms with E-state index in [-0.39, 0.29) is 18.0 Å². The number of carbonyl (C=O) groups is 2. The second-order valence-electron chi connectivity index (χ2n) is 4.87. The third-order valence-corrected chi connectivity index (χ3v) is 3.41. The van der Waals surface area contributed by atoms with E-state index in [4.69, 9.17) is 0 Å². The van der Waals surface area contributed by atoms with Crippen LogP contribution in [0.15, 0.2) is 30.3 Å². The third kappa shape index (κ3) is 3.34. The molecule has 2 rings (SSSR count). The highest BCUT2D eigenvalue weighted by molar-refractivity contribution is 6.04. The normalized spacial score (nSPS) is 18.8. The fraction of sp³-hybridized carbons (Fsp3) is 0.467. The molecule has 0 radical (unpaired) electrons. The number of rotatable bonds is 6. The molecule has 1 heterocycles. The highest BCUT2D eigenvalue weighted by Crippen LogP contribution is 2.13. The zero-order chi connectivity index (χ0) is 13.7. The number of nitrogens with one attached hydrogen (secondary N) is 1. The van der Waals surface area contributed by atoms with Crippen molar-refractivity contribution in [3.05, 3.63) is 35.9 Å². The van der Waals surface area contributed by atoms with Gasteiger partial charge >= 0.3 is 6.03 Å². The molecule has 1 atom stereocenters. The number of benzene rings is 1. The maximum absolute atomic E-state index is 12.1.